The lowest BCUT2D eigenvalue weighted by molar-refractivity contribution is 0.0743. The van der Waals surface area contributed by atoms with Crippen molar-refractivity contribution < 1.29 is 22.5 Å². The first kappa shape index (κ1) is 20.5. The van der Waals surface area contributed by atoms with Crippen molar-refractivity contribution >= 4 is 27.3 Å². The normalized spacial score (nSPS) is 14.2. The first-order chi connectivity index (χ1) is 14.5. The molecule has 3 aromatic rings. The highest BCUT2D eigenvalue weighted by Crippen LogP contribution is 2.27. The molecule has 30 heavy (non-hydrogen) atoms. The molecule has 4 rings (SSSR count). The van der Waals surface area contributed by atoms with Gasteiger partial charge in [-0.15, -0.1) is 11.3 Å². The summed E-state index contributed by atoms with van der Waals surface area (Å²) in [6.45, 7) is 1.45. The molecule has 0 radical (unpaired) electrons. The lowest BCUT2D eigenvalue weighted by Gasteiger charge is -2.10. The molecule has 1 N–H and O–H groups in total. The molecule has 0 saturated carbocycles. The maximum absolute atomic E-state index is 12.7. The average Bonchev–Trinajstić information content (AvgIpc) is 3.52. The topological polar surface area (TPSA) is 115 Å². The van der Waals surface area contributed by atoms with Gasteiger partial charge in [0.25, 0.3) is 0 Å². The zero-order valence-electron chi connectivity index (χ0n) is 16.2. The average molecular weight is 449 g/mol. The van der Waals surface area contributed by atoms with Crippen LogP contribution in [0.1, 0.15) is 29.1 Å². The van der Waals surface area contributed by atoms with E-state index in [4.69, 9.17) is 9.26 Å². The Kier molecular flexibility index (Phi) is 5.84. The molecular formula is C19H20N4O5S2. The number of hydrogen-bond acceptors (Lipinski definition) is 8. The summed E-state index contributed by atoms with van der Waals surface area (Å²) < 4.78 is 38.4. The zero-order chi connectivity index (χ0) is 21.1. The second kappa shape index (κ2) is 8.54. The number of hydrogen-bond donors (Lipinski definition) is 1. The van der Waals surface area contributed by atoms with Gasteiger partial charge in [0.2, 0.25) is 15.8 Å². The second-order valence-electron chi connectivity index (χ2n) is 6.71. The predicted molar refractivity (Wildman–Crippen MR) is 110 cm³/mol. The smallest absolute Gasteiger partial charge is 0.316 e. The van der Waals surface area contributed by atoms with Gasteiger partial charge in [0, 0.05) is 36.1 Å². The van der Waals surface area contributed by atoms with Crippen LogP contribution < -0.4 is 9.46 Å². The van der Waals surface area contributed by atoms with E-state index >= 15 is 0 Å². The summed E-state index contributed by atoms with van der Waals surface area (Å²) >= 11 is 1.04. The van der Waals surface area contributed by atoms with Crippen LogP contribution in [0.3, 0.4) is 0 Å². The Morgan fingerprint density at radius 1 is 1.30 bits per heavy atom. The molecule has 158 valence electrons. The fraction of sp³-hybridized carbons (Fsp3) is 0.316. The van der Waals surface area contributed by atoms with Crippen LogP contribution in [0.4, 0.5) is 0 Å². The van der Waals surface area contributed by atoms with Crippen LogP contribution in [0.15, 0.2) is 44.4 Å². The molecule has 1 aliphatic heterocycles. The Hall–Kier alpha value is -2.76. The van der Waals surface area contributed by atoms with Crippen molar-refractivity contribution in [3.8, 4) is 17.1 Å². The summed E-state index contributed by atoms with van der Waals surface area (Å²) in [4.78, 5) is 18.2. The highest BCUT2D eigenvalue weighted by molar-refractivity contribution is 7.91. The van der Waals surface area contributed by atoms with Crippen molar-refractivity contribution in [3.63, 3.8) is 0 Å². The summed E-state index contributed by atoms with van der Waals surface area (Å²) in [5, 5.41) is 5.45. The molecule has 0 spiro atoms. The standard InChI is InChI=1S/C19H20N4O5S2/c1-27-15-7-3-2-6-13(15)11-20-30(25,26)16-10-14(12-29-16)17-21-18(28-22-17)19(24)23-8-4-5-9-23/h2-3,6-7,10,12,20H,4-5,8-9,11H2,1H3. The van der Waals surface area contributed by atoms with Gasteiger partial charge in [0.05, 0.1) is 7.11 Å². The van der Waals surface area contributed by atoms with E-state index in [0.717, 1.165) is 29.7 Å². The van der Waals surface area contributed by atoms with Gasteiger partial charge in [-0.25, -0.2) is 13.1 Å². The molecule has 3 heterocycles. The number of carbonyl (C=O) groups excluding carboxylic acids is 1. The van der Waals surface area contributed by atoms with Gasteiger partial charge < -0.3 is 14.2 Å². The number of nitrogens with one attached hydrogen (secondary N) is 1. The number of ether oxygens (including phenoxy) is 1. The number of rotatable bonds is 7. The second-order valence-corrected chi connectivity index (χ2v) is 9.62. The summed E-state index contributed by atoms with van der Waals surface area (Å²) in [5.74, 6) is 0.402. The van der Waals surface area contributed by atoms with Gasteiger partial charge >= 0.3 is 11.8 Å². The van der Waals surface area contributed by atoms with Gasteiger partial charge in [0.1, 0.15) is 9.96 Å². The first-order valence-corrected chi connectivity index (χ1v) is 11.7. The number of amides is 1. The van der Waals surface area contributed by atoms with Crippen molar-refractivity contribution in [1.82, 2.24) is 19.8 Å². The van der Waals surface area contributed by atoms with Gasteiger partial charge in [-0.1, -0.05) is 23.4 Å². The van der Waals surface area contributed by atoms with Crippen LogP contribution in [0.5, 0.6) is 5.75 Å². The Balaban J connectivity index is 1.47. The fourth-order valence-corrected chi connectivity index (χ4v) is 5.36. The number of thiophene rings is 1. The maximum atomic E-state index is 12.7. The fourth-order valence-electron chi connectivity index (χ4n) is 3.15. The van der Waals surface area contributed by atoms with E-state index in [9.17, 15) is 13.2 Å². The maximum Gasteiger partial charge on any atom is 0.316 e. The summed E-state index contributed by atoms with van der Waals surface area (Å²) in [6, 6.07) is 8.65. The van der Waals surface area contributed by atoms with Crippen LogP contribution in [0.2, 0.25) is 0 Å². The van der Waals surface area contributed by atoms with Crippen LogP contribution in [-0.2, 0) is 16.6 Å². The summed E-state index contributed by atoms with van der Waals surface area (Å²) in [5.41, 5.74) is 1.20. The Morgan fingerprint density at radius 3 is 2.83 bits per heavy atom. The molecule has 11 heteroatoms. The van der Waals surface area contributed by atoms with E-state index in [0.29, 0.717) is 24.4 Å². The van der Waals surface area contributed by atoms with E-state index in [-0.39, 0.29) is 28.4 Å². The van der Waals surface area contributed by atoms with Crippen LogP contribution in [0.25, 0.3) is 11.4 Å². The van der Waals surface area contributed by atoms with Crippen LogP contribution >= 0.6 is 11.3 Å². The molecule has 2 aromatic heterocycles. The number of carbonyl (C=O) groups is 1. The first-order valence-electron chi connectivity index (χ1n) is 9.31. The molecule has 0 atom stereocenters. The van der Waals surface area contributed by atoms with E-state index in [2.05, 4.69) is 14.9 Å². The van der Waals surface area contributed by atoms with E-state index in [1.54, 1.807) is 22.4 Å². The molecule has 1 amide bonds. The molecule has 1 fully saturated rings. The third-order valence-corrected chi connectivity index (χ3v) is 7.59. The molecule has 1 aromatic carbocycles. The highest BCUT2D eigenvalue weighted by Gasteiger charge is 2.26. The Morgan fingerprint density at radius 2 is 2.07 bits per heavy atom. The summed E-state index contributed by atoms with van der Waals surface area (Å²) in [7, 11) is -2.21. The van der Waals surface area contributed by atoms with E-state index < -0.39 is 10.0 Å². The van der Waals surface area contributed by atoms with E-state index in [1.807, 2.05) is 12.1 Å². The largest absolute Gasteiger partial charge is 0.496 e. The number of methoxy groups -OCH3 is 1. The number of likely N-dealkylation sites (tertiary alicyclic amines) is 1. The number of sulfonamides is 1. The predicted octanol–water partition coefficient (Wildman–Crippen LogP) is 2.52. The van der Waals surface area contributed by atoms with Crippen molar-refractivity contribution in [2.75, 3.05) is 20.2 Å². The van der Waals surface area contributed by atoms with E-state index in [1.165, 1.54) is 13.2 Å². The lowest BCUT2D eigenvalue weighted by Crippen LogP contribution is -2.27. The molecule has 1 aliphatic rings. The number of aromatic nitrogens is 2. The minimum atomic E-state index is -3.74. The number of benzene rings is 1. The monoisotopic (exact) mass is 448 g/mol. The third-order valence-electron chi connectivity index (χ3n) is 4.75. The SMILES string of the molecule is COc1ccccc1CNS(=O)(=O)c1cc(-c2noc(C(=O)N3CCCC3)n2)cs1. The zero-order valence-corrected chi connectivity index (χ0v) is 17.8. The number of para-hydroxylation sites is 1. The molecule has 0 aliphatic carbocycles. The van der Waals surface area contributed by atoms with Crippen molar-refractivity contribution in [1.29, 1.82) is 0 Å². The third kappa shape index (κ3) is 4.23. The Bertz CT molecular complexity index is 1150. The molecule has 0 unspecified atom stereocenters. The summed E-state index contributed by atoms with van der Waals surface area (Å²) in [6.07, 6.45) is 1.92. The van der Waals surface area contributed by atoms with Crippen LogP contribution in [-0.4, -0.2) is 49.6 Å². The number of nitrogens with zero attached hydrogens (tertiary/aromatic N) is 3. The molecule has 0 bridgehead atoms. The quantitative estimate of drug-likeness (QED) is 0.591. The minimum Gasteiger partial charge on any atom is -0.496 e. The lowest BCUT2D eigenvalue weighted by atomic mass is 10.2. The van der Waals surface area contributed by atoms with Gasteiger partial charge in [-0.05, 0) is 25.0 Å². The minimum absolute atomic E-state index is 0.0863. The van der Waals surface area contributed by atoms with Gasteiger partial charge in [0.15, 0.2) is 0 Å². The Labute approximate surface area is 177 Å². The molecule has 1 saturated heterocycles. The molecule has 9 nitrogen and oxygen atoms in total. The van der Waals surface area contributed by atoms with Crippen molar-refractivity contribution in [2.45, 2.75) is 23.6 Å². The highest BCUT2D eigenvalue weighted by atomic mass is 32.2. The van der Waals surface area contributed by atoms with Crippen molar-refractivity contribution in [2.24, 2.45) is 0 Å². The van der Waals surface area contributed by atoms with Gasteiger partial charge in [-0.2, -0.15) is 4.98 Å². The van der Waals surface area contributed by atoms with Crippen LogP contribution in [0, 0.1) is 0 Å². The molecular weight excluding hydrogens is 428 g/mol. The van der Waals surface area contributed by atoms with Crippen molar-refractivity contribution in [3.05, 3.63) is 47.2 Å². The van der Waals surface area contributed by atoms with Gasteiger partial charge in [-0.3, -0.25) is 4.79 Å².